The highest BCUT2D eigenvalue weighted by Crippen LogP contribution is 2.40. The topological polar surface area (TPSA) is 37.8 Å². The Hall–Kier alpha value is -2.34. The molecule has 0 spiro atoms. The van der Waals surface area contributed by atoms with Crippen LogP contribution in [0.5, 0.6) is 0 Å². The van der Waals surface area contributed by atoms with E-state index < -0.39 is 0 Å². The Kier molecular flexibility index (Phi) is 2.92. The van der Waals surface area contributed by atoms with Crippen molar-refractivity contribution in [2.75, 3.05) is 5.32 Å². The number of nitrogens with one attached hydrogen (secondary N) is 1. The smallest absolute Gasteiger partial charge is 0.131 e. The second kappa shape index (κ2) is 4.74. The molecule has 0 amide bonds. The van der Waals surface area contributed by atoms with Crippen LogP contribution in [-0.4, -0.2) is 9.97 Å². The van der Waals surface area contributed by atoms with Gasteiger partial charge in [0, 0.05) is 18.0 Å². The first-order valence-electron chi connectivity index (χ1n) is 6.42. The fourth-order valence-corrected chi connectivity index (χ4v) is 2.09. The maximum atomic E-state index is 5.39. The minimum Gasteiger partial charge on any atom is -0.325 e. The average molecular weight is 249 g/mol. The van der Waals surface area contributed by atoms with Gasteiger partial charge in [-0.1, -0.05) is 5.92 Å². The standard InChI is InChI=1S/C16H15N3/c1-3-12-10-18-15(8-11(12)2)19-16-9-14(6-7-17-16)13-4-5-13/h1,6-10,13H,4-5H2,2H3,(H,17,18,19). The molecule has 1 N–H and O–H groups in total. The summed E-state index contributed by atoms with van der Waals surface area (Å²) in [6, 6.07) is 6.13. The van der Waals surface area contributed by atoms with E-state index in [1.54, 1.807) is 6.20 Å². The van der Waals surface area contributed by atoms with Crippen LogP contribution in [0.1, 0.15) is 35.4 Å². The highest BCUT2D eigenvalue weighted by Gasteiger charge is 2.23. The summed E-state index contributed by atoms with van der Waals surface area (Å²) < 4.78 is 0. The molecule has 1 fully saturated rings. The van der Waals surface area contributed by atoms with Crippen LogP contribution in [0, 0.1) is 19.3 Å². The van der Waals surface area contributed by atoms with Gasteiger partial charge in [0.2, 0.25) is 0 Å². The normalized spacial score (nSPS) is 13.9. The molecule has 3 nitrogen and oxygen atoms in total. The van der Waals surface area contributed by atoms with E-state index in [1.165, 1.54) is 18.4 Å². The third kappa shape index (κ3) is 2.58. The summed E-state index contributed by atoms with van der Waals surface area (Å²) in [5.41, 5.74) is 3.22. The third-order valence-electron chi connectivity index (χ3n) is 3.36. The van der Waals surface area contributed by atoms with Gasteiger partial charge in [0.05, 0.1) is 0 Å². The fraction of sp³-hybridized carbons (Fsp3) is 0.250. The largest absolute Gasteiger partial charge is 0.325 e. The van der Waals surface area contributed by atoms with Crippen LogP contribution in [0.3, 0.4) is 0 Å². The molecule has 0 aromatic carbocycles. The number of hydrogen-bond acceptors (Lipinski definition) is 3. The summed E-state index contributed by atoms with van der Waals surface area (Å²) in [5, 5.41) is 3.23. The lowest BCUT2D eigenvalue weighted by atomic mass is 10.1. The SMILES string of the molecule is C#Cc1cnc(Nc2cc(C3CC3)ccn2)cc1C. The Morgan fingerprint density at radius 1 is 1.26 bits per heavy atom. The zero-order valence-electron chi connectivity index (χ0n) is 10.9. The molecule has 94 valence electrons. The molecule has 2 aromatic rings. The Balaban J connectivity index is 1.83. The number of pyridine rings is 2. The van der Waals surface area contributed by atoms with Crippen molar-refractivity contribution in [3.8, 4) is 12.3 Å². The van der Waals surface area contributed by atoms with Crippen LogP contribution in [0.25, 0.3) is 0 Å². The van der Waals surface area contributed by atoms with Crippen LogP contribution >= 0.6 is 0 Å². The lowest BCUT2D eigenvalue weighted by Gasteiger charge is -2.07. The van der Waals surface area contributed by atoms with E-state index in [2.05, 4.69) is 33.3 Å². The fourth-order valence-electron chi connectivity index (χ4n) is 2.09. The molecule has 1 saturated carbocycles. The lowest BCUT2D eigenvalue weighted by Crippen LogP contribution is -1.98. The van der Waals surface area contributed by atoms with E-state index in [4.69, 9.17) is 6.42 Å². The summed E-state index contributed by atoms with van der Waals surface area (Å²) in [4.78, 5) is 8.63. The van der Waals surface area contributed by atoms with Crippen LogP contribution in [0.2, 0.25) is 0 Å². The number of rotatable bonds is 3. The molecule has 0 radical (unpaired) electrons. The molecule has 0 atom stereocenters. The molecular formula is C16H15N3. The van der Waals surface area contributed by atoms with Crippen LogP contribution in [-0.2, 0) is 0 Å². The quantitative estimate of drug-likeness (QED) is 0.847. The molecule has 1 aliphatic carbocycles. The third-order valence-corrected chi connectivity index (χ3v) is 3.36. The van der Waals surface area contributed by atoms with Gasteiger partial charge >= 0.3 is 0 Å². The van der Waals surface area contributed by atoms with Gasteiger partial charge in [0.25, 0.3) is 0 Å². The van der Waals surface area contributed by atoms with Gasteiger partial charge < -0.3 is 5.32 Å². The highest BCUT2D eigenvalue weighted by molar-refractivity contribution is 5.55. The van der Waals surface area contributed by atoms with E-state index in [9.17, 15) is 0 Å². The molecule has 3 rings (SSSR count). The number of aryl methyl sites for hydroxylation is 1. The number of hydrogen-bond donors (Lipinski definition) is 1. The van der Waals surface area contributed by atoms with Crippen LogP contribution in [0.4, 0.5) is 11.6 Å². The summed E-state index contributed by atoms with van der Waals surface area (Å²) in [7, 11) is 0. The Bertz CT molecular complexity index is 651. The molecule has 2 heterocycles. The van der Waals surface area contributed by atoms with Gasteiger partial charge in [-0.15, -0.1) is 6.42 Å². The zero-order chi connectivity index (χ0) is 13.2. The molecule has 19 heavy (non-hydrogen) atoms. The Morgan fingerprint density at radius 2 is 2.05 bits per heavy atom. The molecule has 3 heteroatoms. The average Bonchev–Trinajstić information content (AvgIpc) is 3.24. The zero-order valence-corrected chi connectivity index (χ0v) is 10.9. The first kappa shape index (κ1) is 11.7. The van der Waals surface area contributed by atoms with Gasteiger partial charge in [-0.05, 0) is 55.0 Å². The van der Waals surface area contributed by atoms with Crippen molar-refractivity contribution in [2.24, 2.45) is 0 Å². The molecule has 0 saturated heterocycles. The molecule has 0 bridgehead atoms. The van der Waals surface area contributed by atoms with E-state index in [0.717, 1.165) is 28.7 Å². The highest BCUT2D eigenvalue weighted by atomic mass is 15.0. The maximum Gasteiger partial charge on any atom is 0.131 e. The minimum atomic E-state index is 0.724. The molecular weight excluding hydrogens is 234 g/mol. The van der Waals surface area contributed by atoms with E-state index in [1.807, 2.05) is 19.2 Å². The van der Waals surface area contributed by atoms with Crippen LogP contribution in [0.15, 0.2) is 30.6 Å². The van der Waals surface area contributed by atoms with Gasteiger partial charge in [-0.2, -0.15) is 0 Å². The number of nitrogens with zero attached hydrogens (tertiary/aromatic N) is 2. The summed E-state index contributed by atoms with van der Waals surface area (Å²) in [6.45, 7) is 1.98. The second-order valence-corrected chi connectivity index (χ2v) is 4.90. The Labute approximate surface area is 113 Å². The monoisotopic (exact) mass is 249 g/mol. The number of anilines is 2. The minimum absolute atomic E-state index is 0.724. The van der Waals surface area contributed by atoms with Crippen molar-refractivity contribution in [1.29, 1.82) is 0 Å². The number of terminal acetylenes is 1. The van der Waals surface area contributed by atoms with E-state index in [0.29, 0.717) is 0 Å². The molecule has 1 aliphatic rings. The maximum absolute atomic E-state index is 5.39. The van der Waals surface area contributed by atoms with Gasteiger partial charge in [-0.3, -0.25) is 0 Å². The first-order valence-corrected chi connectivity index (χ1v) is 6.42. The summed E-state index contributed by atoms with van der Waals surface area (Å²) in [6.07, 6.45) is 11.5. The van der Waals surface area contributed by atoms with Gasteiger partial charge in [0.15, 0.2) is 0 Å². The van der Waals surface area contributed by atoms with Crippen molar-refractivity contribution >= 4 is 11.6 Å². The van der Waals surface area contributed by atoms with Crippen molar-refractivity contribution in [1.82, 2.24) is 9.97 Å². The predicted molar refractivity (Wildman–Crippen MR) is 76.4 cm³/mol. The second-order valence-electron chi connectivity index (χ2n) is 4.90. The van der Waals surface area contributed by atoms with Crippen LogP contribution < -0.4 is 5.32 Å². The van der Waals surface area contributed by atoms with Crippen molar-refractivity contribution in [3.05, 3.63) is 47.3 Å². The van der Waals surface area contributed by atoms with Crippen molar-refractivity contribution in [3.63, 3.8) is 0 Å². The van der Waals surface area contributed by atoms with Crippen molar-refractivity contribution < 1.29 is 0 Å². The summed E-state index contributed by atoms with van der Waals surface area (Å²) >= 11 is 0. The van der Waals surface area contributed by atoms with Gasteiger partial charge in [-0.25, -0.2) is 9.97 Å². The van der Waals surface area contributed by atoms with E-state index in [-0.39, 0.29) is 0 Å². The number of aromatic nitrogens is 2. The molecule has 2 aromatic heterocycles. The first-order chi connectivity index (χ1) is 9.26. The Morgan fingerprint density at radius 3 is 2.74 bits per heavy atom. The predicted octanol–water partition coefficient (Wildman–Crippen LogP) is 3.39. The molecule has 0 unspecified atom stereocenters. The van der Waals surface area contributed by atoms with Gasteiger partial charge in [0.1, 0.15) is 11.6 Å². The lowest BCUT2D eigenvalue weighted by molar-refractivity contribution is 1.11. The van der Waals surface area contributed by atoms with E-state index >= 15 is 0 Å². The van der Waals surface area contributed by atoms with Crippen molar-refractivity contribution in [2.45, 2.75) is 25.7 Å². The molecule has 0 aliphatic heterocycles. The summed E-state index contributed by atoms with van der Waals surface area (Å²) in [5.74, 6) is 4.95.